The molecule has 2 saturated heterocycles. The van der Waals surface area contributed by atoms with Crippen LogP contribution in [0.4, 0.5) is 0 Å². The van der Waals surface area contributed by atoms with Crippen molar-refractivity contribution in [2.45, 2.75) is 55.7 Å². The third kappa shape index (κ3) is 4.07. The molecule has 4 nitrogen and oxygen atoms in total. The van der Waals surface area contributed by atoms with Crippen molar-refractivity contribution in [3.8, 4) is 0 Å². The van der Waals surface area contributed by atoms with E-state index in [0.717, 1.165) is 24.0 Å². The van der Waals surface area contributed by atoms with Gasteiger partial charge in [0.1, 0.15) is 11.5 Å². The molecule has 4 rings (SSSR count). The molecule has 3 unspecified atom stereocenters. The van der Waals surface area contributed by atoms with E-state index in [9.17, 15) is 9.90 Å². The first-order valence-corrected chi connectivity index (χ1v) is 10.7. The molecule has 0 radical (unpaired) electrons. The van der Waals surface area contributed by atoms with Crippen LogP contribution in [0.3, 0.4) is 0 Å². The number of hydrogen-bond donors (Lipinski definition) is 1. The van der Waals surface area contributed by atoms with E-state index in [1.807, 2.05) is 48.5 Å². The molecule has 2 aliphatic rings. The van der Waals surface area contributed by atoms with Gasteiger partial charge in [-0.15, -0.1) is 0 Å². The van der Waals surface area contributed by atoms with Crippen molar-refractivity contribution < 1.29 is 14.6 Å². The molecule has 3 atom stereocenters. The lowest BCUT2D eigenvalue weighted by Gasteiger charge is -2.38. The van der Waals surface area contributed by atoms with Crippen molar-refractivity contribution in [1.82, 2.24) is 4.90 Å². The molecule has 2 fully saturated rings. The normalized spacial score (nSPS) is 26.1. The number of aliphatic hydroxyl groups excluding tert-OH is 1. The number of ether oxygens (including phenoxy) is 1. The minimum absolute atomic E-state index is 0.0924. The van der Waals surface area contributed by atoms with Crippen LogP contribution in [0.25, 0.3) is 0 Å². The number of carbonyl (C=O) groups excluding carboxylic acids is 1. The third-order valence-corrected chi connectivity index (χ3v) is 6.95. The summed E-state index contributed by atoms with van der Waals surface area (Å²) in [5.41, 5.74) is 0.521. The molecule has 0 spiro atoms. The molecule has 154 valence electrons. The van der Waals surface area contributed by atoms with Gasteiger partial charge in [-0.25, -0.2) is 0 Å². The van der Waals surface area contributed by atoms with Crippen LogP contribution in [-0.2, 0) is 21.4 Å². The maximum atomic E-state index is 13.5. The minimum atomic E-state index is -1.14. The van der Waals surface area contributed by atoms with Gasteiger partial charge in [-0.1, -0.05) is 54.1 Å². The Hall–Kier alpha value is -1.88. The van der Waals surface area contributed by atoms with Crippen LogP contribution < -0.4 is 0 Å². The van der Waals surface area contributed by atoms with Crippen molar-refractivity contribution in [3.05, 3.63) is 70.7 Å². The van der Waals surface area contributed by atoms with Gasteiger partial charge in [0.25, 0.3) is 0 Å². The van der Waals surface area contributed by atoms with Crippen molar-refractivity contribution in [2.75, 3.05) is 13.7 Å². The van der Waals surface area contributed by atoms with E-state index in [0.29, 0.717) is 23.5 Å². The number of piperidine rings is 1. The highest BCUT2D eigenvalue weighted by atomic mass is 35.5. The summed E-state index contributed by atoms with van der Waals surface area (Å²) < 4.78 is 6.08. The minimum Gasteiger partial charge on any atom is -0.462 e. The van der Waals surface area contributed by atoms with Crippen LogP contribution in [0.15, 0.2) is 54.6 Å². The molecular formula is C24H28ClNO3. The molecule has 2 aromatic rings. The molecule has 1 N–H and O–H groups in total. The lowest BCUT2D eigenvalue weighted by molar-refractivity contribution is -0.161. The van der Waals surface area contributed by atoms with Crippen LogP contribution in [0.1, 0.15) is 36.8 Å². The smallest absolute Gasteiger partial charge is 0.319 e. The van der Waals surface area contributed by atoms with E-state index in [4.69, 9.17) is 16.3 Å². The van der Waals surface area contributed by atoms with Crippen molar-refractivity contribution in [3.63, 3.8) is 0 Å². The van der Waals surface area contributed by atoms with E-state index < -0.39 is 5.41 Å². The van der Waals surface area contributed by atoms with Gasteiger partial charge in [0.05, 0.1) is 6.61 Å². The summed E-state index contributed by atoms with van der Waals surface area (Å²) in [5.74, 6) is -0.347. The topological polar surface area (TPSA) is 49.8 Å². The second-order valence-corrected chi connectivity index (χ2v) is 8.90. The molecule has 29 heavy (non-hydrogen) atoms. The highest BCUT2D eigenvalue weighted by Gasteiger charge is 2.45. The number of fused-ring (bicyclic) bond motifs is 2. The van der Waals surface area contributed by atoms with E-state index in [2.05, 4.69) is 11.9 Å². The van der Waals surface area contributed by atoms with Crippen LogP contribution in [0.5, 0.6) is 0 Å². The molecule has 2 aromatic carbocycles. The van der Waals surface area contributed by atoms with Gasteiger partial charge in [-0.05, 0) is 62.4 Å². The fourth-order valence-electron chi connectivity index (χ4n) is 4.98. The van der Waals surface area contributed by atoms with Gasteiger partial charge in [-0.3, -0.25) is 4.79 Å². The lowest BCUT2D eigenvalue weighted by Crippen LogP contribution is -2.48. The first-order chi connectivity index (χ1) is 14.0. The van der Waals surface area contributed by atoms with Crippen LogP contribution in [-0.4, -0.2) is 47.8 Å². The zero-order valence-electron chi connectivity index (χ0n) is 16.8. The molecule has 0 aromatic heterocycles. The first kappa shape index (κ1) is 20.4. The largest absolute Gasteiger partial charge is 0.462 e. The Kier molecular flexibility index (Phi) is 5.95. The summed E-state index contributed by atoms with van der Waals surface area (Å²) in [6.07, 6.45) is 4.32. The number of aliphatic hydroxyl groups is 1. The van der Waals surface area contributed by atoms with E-state index in [-0.39, 0.29) is 18.7 Å². The predicted octanol–water partition coefficient (Wildman–Crippen LogP) is 3.98. The number of benzene rings is 2. The van der Waals surface area contributed by atoms with Crippen molar-refractivity contribution >= 4 is 17.6 Å². The third-order valence-electron chi connectivity index (χ3n) is 6.71. The Labute approximate surface area is 177 Å². The summed E-state index contributed by atoms with van der Waals surface area (Å²) in [6.45, 7) is -0.318. The van der Waals surface area contributed by atoms with Gasteiger partial charge >= 0.3 is 5.97 Å². The lowest BCUT2D eigenvalue weighted by atomic mass is 9.76. The van der Waals surface area contributed by atoms with Crippen molar-refractivity contribution in [2.24, 2.45) is 0 Å². The summed E-state index contributed by atoms with van der Waals surface area (Å²) >= 11 is 6.17. The zero-order valence-corrected chi connectivity index (χ0v) is 17.5. The molecule has 0 aliphatic carbocycles. The Morgan fingerprint density at radius 2 is 1.83 bits per heavy atom. The predicted molar refractivity (Wildman–Crippen MR) is 114 cm³/mol. The van der Waals surface area contributed by atoms with Gasteiger partial charge < -0.3 is 14.7 Å². The number of halogens is 1. The Balaban J connectivity index is 1.62. The number of rotatable bonds is 6. The zero-order chi connectivity index (χ0) is 20.4. The SMILES string of the molecule is CN1C2CCC1CC(OC(=O)C(CO)(Cc1cccc(Cl)c1)c1ccccc1)C2. The quantitative estimate of drug-likeness (QED) is 0.728. The molecule has 2 aliphatic heterocycles. The van der Waals surface area contributed by atoms with Crippen LogP contribution in [0.2, 0.25) is 5.02 Å². The average Bonchev–Trinajstić information content (AvgIpc) is 2.93. The fourth-order valence-corrected chi connectivity index (χ4v) is 5.19. The van der Waals surface area contributed by atoms with Gasteiger partial charge in [-0.2, -0.15) is 0 Å². The monoisotopic (exact) mass is 413 g/mol. The fraction of sp³-hybridized carbons (Fsp3) is 0.458. The Bertz CT molecular complexity index is 844. The van der Waals surface area contributed by atoms with Gasteiger partial charge in [0.15, 0.2) is 0 Å². The number of carbonyl (C=O) groups is 1. The number of nitrogens with zero attached hydrogens (tertiary/aromatic N) is 1. The summed E-state index contributed by atoms with van der Waals surface area (Å²) in [6, 6.07) is 17.9. The molecule has 0 amide bonds. The average molecular weight is 414 g/mol. The van der Waals surface area contributed by atoms with Gasteiger partial charge in [0, 0.05) is 17.1 Å². The summed E-state index contributed by atoms with van der Waals surface area (Å²) in [5, 5.41) is 11.1. The second kappa shape index (κ2) is 8.47. The molecule has 5 heteroatoms. The maximum Gasteiger partial charge on any atom is 0.319 e. The molecule has 2 bridgehead atoms. The highest BCUT2D eigenvalue weighted by molar-refractivity contribution is 6.30. The maximum absolute atomic E-state index is 13.5. The molecule has 0 saturated carbocycles. The first-order valence-electron chi connectivity index (χ1n) is 10.4. The summed E-state index contributed by atoms with van der Waals surface area (Å²) in [7, 11) is 2.17. The number of esters is 1. The van der Waals surface area contributed by atoms with E-state index in [1.54, 1.807) is 6.07 Å². The van der Waals surface area contributed by atoms with E-state index in [1.165, 1.54) is 12.8 Å². The number of hydrogen-bond acceptors (Lipinski definition) is 4. The Morgan fingerprint density at radius 3 is 2.45 bits per heavy atom. The van der Waals surface area contributed by atoms with Crippen LogP contribution >= 0.6 is 11.6 Å². The van der Waals surface area contributed by atoms with Crippen molar-refractivity contribution in [1.29, 1.82) is 0 Å². The van der Waals surface area contributed by atoms with Gasteiger partial charge in [0.2, 0.25) is 0 Å². The van der Waals surface area contributed by atoms with Crippen LogP contribution in [0, 0.1) is 0 Å². The molecular weight excluding hydrogens is 386 g/mol. The van der Waals surface area contributed by atoms with E-state index >= 15 is 0 Å². The standard InChI is InChI=1S/C24H28ClNO3/c1-26-20-10-11-21(26)14-22(13-20)29-23(28)24(16-27,18-7-3-2-4-8-18)15-17-6-5-9-19(25)12-17/h2-9,12,20-22,27H,10-11,13-16H2,1H3. The Morgan fingerprint density at radius 1 is 1.14 bits per heavy atom. The second-order valence-electron chi connectivity index (χ2n) is 8.46. The summed E-state index contributed by atoms with van der Waals surface area (Å²) in [4.78, 5) is 16.0. The highest BCUT2D eigenvalue weighted by Crippen LogP contribution is 2.37. The molecule has 2 heterocycles.